The number of halogens is 3. The number of primary amides is 1. The van der Waals surface area contributed by atoms with Crippen LogP contribution in [0.4, 0.5) is 8.78 Å². The summed E-state index contributed by atoms with van der Waals surface area (Å²) in [5.74, 6) is -2.35. The minimum absolute atomic E-state index is 0. The molecule has 1 saturated heterocycles. The van der Waals surface area contributed by atoms with Crippen molar-refractivity contribution < 1.29 is 18.3 Å². The standard InChI is InChI=1S/C22H30F2N2O2.ClH/c1-28-22(16-5-2-4-15(12-16)20(25)27)17-6-3-7-18(22)14-26(13-17)19-8-10-21(23,24)11-9-19;/h2,4-5,12,17-19H,3,6-11,13-14H2,1H3,(H2,25,27);1H/t17-,18+,22?;. The number of nitrogens with two attached hydrogens (primary N) is 1. The van der Waals surface area contributed by atoms with Gasteiger partial charge in [0.1, 0.15) is 5.60 Å². The number of carbonyl (C=O) groups is 1. The van der Waals surface area contributed by atoms with E-state index < -0.39 is 17.4 Å². The van der Waals surface area contributed by atoms with Crippen molar-refractivity contribution >= 4 is 18.3 Å². The first-order chi connectivity index (χ1) is 13.4. The van der Waals surface area contributed by atoms with Gasteiger partial charge in [-0.15, -0.1) is 12.4 Å². The molecular weight excluding hydrogens is 398 g/mol. The Bertz CT molecular complexity index is 721. The predicted octanol–water partition coefficient (Wildman–Crippen LogP) is 4.36. The largest absolute Gasteiger partial charge is 0.373 e. The van der Waals surface area contributed by atoms with Crippen LogP contribution in [-0.2, 0) is 10.3 Å². The van der Waals surface area contributed by atoms with E-state index in [0.29, 0.717) is 18.4 Å². The molecule has 1 heterocycles. The average Bonchev–Trinajstić information content (AvgIpc) is 2.67. The molecule has 0 spiro atoms. The molecule has 2 bridgehead atoms. The molecule has 1 unspecified atom stereocenters. The Morgan fingerprint density at radius 3 is 2.31 bits per heavy atom. The van der Waals surface area contributed by atoms with E-state index in [1.165, 1.54) is 0 Å². The second-order valence-corrected chi connectivity index (χ2v) is 8.81. The Morgan fingerprint density at radius 2 is 1.76 bits per heavy atom. The lowest BCUT2D eigenvalue weighted by molar-refractivity contribution is -0.178. The maximum absolute atomic E-state index is 13.6. The normalized spacial score (nSPS) is 32.4. The first-order valence-corrected chi connectivity index (χ1v) is 10.4. The summed E-state index contributed by atoms with van der Waals surface area (Å²) < 4.78 is 33.4. The number of nitrogens with zero attached hydrogens (tertiary/aromatic N) is 1. The van der Waals surface area contributed by atoms with Crippen LogP contribution in [0.25, 0.3) is 0 Å². The van der Waals surface area contributed by atoms with Crippen molar-refractivity contribution in [3.63, 3.8) is 0 Å². The number of carbonyl (C=O) groups excluding carboxylic acids is 1. The van der Waals surface area contributed by atoms with E-state index in [4.69, 9.17) is 10.5 Å². The second-order valence-electron chi connectivity index (χ2n) is 8.81. The zero-order chi connectivity index (χ0) is 19.9. The third-order valence-electron chi connectivity index (χ3n) is 7.37. The van der Waals surface area contributed by atoms with Crippen LogP contribution in [0.2, 0.25) is 0 Å². The number of ether oxygens (including phenoxy) is 1. The van der Waals surface area contributed by atoms with Crippen molar-refractivity contribution in [3.8, 4) is 0 Å². The number of amides is 1. The number of benzene rings is 1. The molecule has 2 N–H and O–H groups in total. The van der Waals surface area contributed by atoms with Gasteiger partial charge in [0.2, 0.25) is 11.8 Å². The molecule has 29 heavy (non-hydrogen) atoms. The lowest BCUT2D eigenvalue weighted by Crippen LogP contribution is -2.61. The van der Waals surface area contributed by atoms with Gasteiger partial charge >= 0.3 is 0 Å². The van der Waals surface area contributed by atoms with Crippen LogP contribution in [0.3, 0.4) is 0 Å². The fourth-order valence-electron chi connectivity index (χ4n) is 5.99. The number of rotatable bonds is 4. The fourth-order valence-corrected chi connectivity index (χ4v) is 5.99. The molecule has 4 nitrogen and oxygen atoms in total. The fraction of sp³-hybridized carbons (Fsp3) is 0.682. The summed E-state index contributed by atoms with van der Waals surface area (Å²) in [4.78, 5) is 14.1. The van der Waals surface area contributed by atoms with Gasteiger partial charge in [-0.05, 0) is 43.4 Å². The van der Waals surface area contributed by atoms with Crippen molar-refractivity contribution in [2.24, 2.45) is 17.6 Å². The Hall–Kier alpha value is -1.24. The molecule has 1 aromatic carbocycles. The van der Waals surface area contributed by atoms with Gasteiger partial charge in [-0.1, -0.05) is 18.6 Å². The van der Waals surface area contributed by atoms with Gasteiger partial charge in [0.05, 0.1) is 0 Å². The average molecular weight is 429 g/mol. The van der Waals surface area contributed by atoms with Gasteiger partial charge < -0.3 is 10.5 Å². The quantitative estimate of drug-likeness (QED) is 0.775. The number of methoxy groups -OCH3 is 1. The van der Waals surface area contributed by atoms with E-state index >= 15 is 0 Å². The van der Waals surface area contributed by atoms with E-state index in [-0.39, 0.29) is 43.1 Å². The monoisotopic (exact) mass is 428 g/mol. The van der Waals surface area contributed by atoms with Gasteiger partial charge in [0.15, 0.2) is 0 Å². The van der Waals surface area contributed by atoms with Crippen molar-refractivity contribution in [1.29, 1.82) is 0 Å². The molecule has 7 heteroatoms. The molecule has 1 aromatic rings. The molecule has 3 atom stereocenters. The van der Waals surface area contributed by atoms with Gasteiger partial charge in [-0.3, -0.25) is 9.69 Å². The maximum atomic E-state index is 13.6. The van der Waals surface area contributed by atoms with Crippen LogP contribution >= 0.6 is 12.4 Å². The molecule has 0 radical (unpaired) electrons. The van der Waals surface area contributed by atoms with Crippen molar-refractivity contribution in [1.82, 2.24) is 4.90 Å². The van der Waals surface area contributed by atoms with E-state index in [9.17, 15) is 13.6 Å². The van der Waals surface area contributed by atoms with Crippen LogP contribution in [0.1, 0.15) is 60.9 Å². The molecular formula is C22H31ClF2N2O2. The zero-order valence-electron chi connectivity index (χ0n) is 16.9. The number of piperidine rings is 1. The summed E-state index contributed by atoms with van der Waals surface area (Å²) in [5, 5.41) is 0. The topological polar surface area (TPSA) is 55.6 Å². The SMILES string of the molecule is COC1(c2cccc(C(N)=O)c2)[C@@H]2CCC[C@H]1CN(C1CCC(F)(F)CC1)C2.Cl. The first kappa shape index (κ1) is 22.4. The van der Waals surface area contributed by atoms with Crippen molar-refractivity contribution in [2.45, 2.75) is 62.5 Å². The number of likely N-dealkylation sites (tertiary alicyclic amines) is 1. The van der Waals surface area contributed by atoms with Crippen LogP contribution in [0.5, 0.6) is 0 Å². The minimum Gasteiger partial charge on any atom is -0.373 e. The summed E-state index contributed by atoms with van der Waals surface area (Å²) >= 11 is 0. The van der Waals surface area contributed by atoms with Crippen LogP contribution < -0.4 is 5.73 Å². The highest BCUT2D eigenvalue weighted by atomic mass is 35.5. The Morgan fingerprint density at radius 1 is 1.14 bits per heavy atom. The molecule has 2 aliphatic carbocycles. The summed E-state index contributed by atoms with van der Waals surface area (Å²) in [7, 11) is 1.76. The summed E-state index contributed by atoms with van der Waals surface area (Å²) in [6, 6.07) is 7.78. The number of hydrogen-bond acceptors (Lipinski definition) is 3. The van der Waals surface area contributed by atoms with Crippen LogP contribution in [0.15, 0.2) is 24.3 Å². The summed E-state index contributed by atoms with van der Waals surface area (Å²) in [5.41, 5.74) is 6.60. The lowest BCUT2D eigenvalue weighted by Gasteiger charge is -2.57. The molecule has 0 aromatic heterocycles. The molecule has 3 fully saturated rings. The van der Waals surface area contributed by atoms with E-state index in [2.05, 4.69) is 4.90 Å². The molecule has 1 amide bonds. The van der Waals surface area contributed by atoms with Gasteiger partial charge in [-0.25, -0.2) is 8.78 Å². The Balaban J connectivity index is 0.00000240. The van der Waals surface area contributed by atoms with Gasteiger partial charge in [0.25, 0.3) is 0 Å². The molecule has 4 rings (SSSR count). The van der Waals surface area contributed by atoms with Crippen molar-refractivity contribution in [2.75, 3.05) is 20.2 Å². The highest BCUT2D eigenvalue weighted by Gasteiger charge is 2.54. The smallest absolute Gasteiger partial charge is 0.248 e. The third kappa shape index (κ3) is 4.04. The first-order valence-electron chi connectivity index (χ1n) is 10.4. The number of hydrogen-bond donors (Lipinski definition) is 1. The summed E-state index contributed by atoms with van der Waals surface area (Å²) in [6.07, 6.45) is 4.40. The Kier molecular flexibility index (Phi) is 6.56. The van der Waals surface area contributed by atoms with Gasteiger partial charge in [-0.2, -0.15) is 0 Å². The van der Waals surface area contributed by atoms with E-state index in [1.807, 2.05) is 18.2 Å². The molecule has 2 saturated carbocycles. The highest BCUT2D eigenvalue weighted by Crippen LogP contribution is 2.52. The minimum atomic E-state index is -2.49. The van der Waals surface area contributed by atoms with E-state index in [1.54, 1.807) is 13.2 Å². The maximum Gasteiger partial charge on any atom is 0.248 e. The summed E-state index contributed by atoms with van der Waals surface area (Å²) in [6.45, 7) is 1.72. The van der Waals surface area contributed by atoms with Crippen LogP contribution in [0, 0.1) is 11.8 Å². The number of alkyl halides is 2. The van der Waals surface area contributed by atoms with Crippen LogP contribution in [-0.4, -0.2) is 43.0 Å². The second kappa shape index (κ2) is 8.48. The Labute approximate surface area is 177 Å². The number of fused-ring (bicyclic) bond motifs is 2. The van der Waals surface area contributed by atoms with Crippen molar-refractivity contribution in [3.05, 3.63) is 35.4 Å². The molecule has 1 aliphatic heterocycles. The molecule has 162 valence electrons. The third-order valence-corrected chi connectivity index (χ3v) is 7.37. The molecule has 3 aliphatic rings. The highest BCUT2D eigenvalue weighted by molar-refractivity contribution is 5.92. The van der Waals surface area contributed by atoms with E-state index in [0.717, 1.165) is 37.9 Å². The predicted molar refractivity (Wildman–Crippen MR) is 111 cm³/mol. The lowest BCUT2D eigenvalue weighted by atomic mass is 9.62. The zero-order valence-corrected chi connectivity index (χ0v) is 17.7. The van der Waals surface area contributed by atoms with Gasteiger partial charge in [0, 0.05) is 56.5 Å².